The van der Waals surface area contributed by atoms with Crippen LogP contribution in [0.3, 0.4) is 0 Å². The number of nitrogens with zero attached hydrogens (tertiary/aromatic N) is 7. The van der Waals surface area contributed by atoms with Gasteiger partial charge in [0.1, 0.15) is 35.1 Å². The molecule has 2 aliphatic rings. The molecule has 17 heteroatoms. The number of halogens is 6. The number of anilines is 1. The van der Waals surface area contributed by atoms with Gasteiger partial charge >= 0.3 is 6.18 Å². The average molecular weight is 647 g/mol. The molecular formula is C27H32F6N8O2S. The minimum absolute atomic E-state index is 0.000227. The van der Waals surface area contributed by atoms with Gasteiger partial charge in [0, 0.05) is 58.2 Å². The van der Waals surface area contributed by atoms with E-state index >= 15 is 8.78 Å². The number of hydrogen-bond acceptors (Lipinski definition) is 8. The highest BCUT2D eigenvalue weighted by atomic mass is 32.2. The largest absolute Gasteiger partial charge is 0.420 e. The van der Waals surface area contributed by atoms with Crippen LogP contribution in [0.4, 0.5) is 32.3 Å². The first-order valence-electron chi connectivity index (χ1n) is 14.0. The van der Waals surface area contributed by atoms with Crippen LogP contribution in [0.15, 0.2) is 30.9 Å². The van der Waals surface area contributed by atoms with Crippen LogP contribution in [0.2, 0.25) is 0 Å². The molecule has 0 unspecified atom stereocenters. The molecule has 10 nitrogen and oxygen atoms in total. The number of hydrogen-bond donors (Lipinski definition) is 1. The number of aromatic nitrogens is 4. The molecule has 0 amide bonds. The van der Waals surface area contributed by atoms with Gasteiger partial charge in [-0.05, 0) is 30.7 Å². The molecule has 0 spiro atoms. The van der Waals surface area contributed by atoms with Crippen molar-refractivity contribution in [3.05, 3.63) is 53.6 Å². The van der Waals surface area contributed by atoms with E-state index in [1.165, 1.54) is 12.1 Å². The second-order valence-corrected chi connectivity index (χ2v) is 12.9. The maximum atomic E-state index is 15.2. The van der Waals surface area contributed by atoms with Crippen molar-refractivity contribution < 1.29 is 34.8 Å². The van der Waals surface area contributed by atoms with E-state index in [0.29, 0.717) is 18.3 Å². The third-order valence-electron chi connectivity index (χ3n) is 7.86. The molecule has 1 N–H and O–H groups in total. The molecule has 5 rings (SSSR count). The van der Waals surface area contributed by atoms with Crippen LogP contribution >= 0.6 is 0 Å². The van der Waals surface area contributed by atoms with Crippen LogP contribution < -0.4 is 5.32 Å². The molecule has 2 aliphatic heterocycles. The Balaban J connectivity index is 1.38. The number of alkyl halides is 4. The van der Waals surface area contributed by atoms with Crippen LogP contribution in [-0.2, 0) is 22.7 Å². The Hall–Kier alpha value is -3.28. The maximum Gasteiger partial charge on any atom is 0.420 e. The number of imidazole rings is 1. The molecule has 0 saturated carbocycles. The first kappa shape index (κ1) is 32.1. The zero-order chi connectivity index (χ0) is 31.8. The lowest BCUT2D eigenvalue weighted by molar-refractivity contribution is -0.137. The van der Waals surface area contributed by atoms with Crippen LogP contribution in [0.1, 0.15) is 24.5 Å². The fraction of sp³-hybridized carbons (Fsp3) is 0.519. The van der Waals surface area contributed by atoms with Crippen molar-refractivity contribution in [3.63, 3.8) is 0 Å². The minimum atomic E-state index is -4.90. The Morgan fingerprint density at radius 1 is 1.02 bits per heavy atom. The molecule has 2 atom stereocenters. The highest BCUT2D eigenvalue weighted by Gasteiger charge is 2.37. The number of rotatable bonds is 8. The summed E-state index contributed by atoms with van der Waals surface area (Å²) in [6, 6.07) is 1.42. The molecule has 2 fully saturated rings. The normalized spacial score (nSPS) is 21.1. The summed E-state index contributed by atoms with van der Waals surface area (Å²) in [4.78, 5) is 15.9. The van der Waals surface area contributed by atoms with Crippen molar-refractivity contribution in [2.75, 3.05) is 57.4 Å². The standard InChI is InChI=1S/C27H32F6N8O2S/c1-3-38-6-8-39(9-7-38)13-17-10-19(28)25(20(29)11-17)40-15-23(35-16-40)24-18(27(31,32)33)12-34-26(37-24)36-22-4-5-41(14-21(22)30)44(2,42)43/h10-12,15-16,21-22H,3-9,13-14H2,1-2H3,(H,34,36,37)/t21-,22-/m1/s1. The number of nitrogens with one attached hydrogen (secondary N) is 1. The highest BCUT2D eigenvalue weighted by Crippen LogP contribution is 2.36. The van der Waals surface area contributed by atoms with Gasteiger partial charge < -0.3 is 14.8 Å². The number of piperidine rings is 1. The lowest BCUT2D eigenvalue weighted by atomic mass is 10.1. The molecule has 44 heavy (non-hydrogen) atoms. The highest BCUT2D eigenvalue weighted by molar-refractivity contribution is 7.88. The first-order valence-corrected chi connectivity index (χ1v) is 15.8. The second kappa shape index (κ2) is 12.6. The van der Waals surface area contributed by atoms with Gasteiger partial charge in [0.2, 0.25) is 16.0 Å². The third kappa shape index (κ3) is 7.16. The van der Waals surface area contributed by atoms with Crippen molar-refractivity contribution in [1.82, 2.24) is 33.6 Å². The molecule has 0 aliphatic carbocycles. The Bertz CT molecular complexity index is 1570. The van der Waals surface area contributed by atoms with Gasteiger partial charge in [-0.1, -0.05) is 6.92 Å². The summed E-state index contributed by atoms with van der Waals surface area (Å²) >= 11 is 0. The molecule has 240 valence electrons. The Labute approximate surface area is 250 Å². The molecule has 0 radical (unpaired) electrons. The van der Waals surface area contributed by atoms with E-state index in [4.69, 9.17) is 0 Å². The Morgan fingerprint density at radius 3 is 2.27 bits per heavy atom. The van der Waals surface area contributed by atoms with E-state index in [1.54, 1.807) is 0 Å². The van der Waals surface area contributed by atoms with Gasteiger partial charge in [-0.15, -0.1) is 0 Å². The van der Waals surface area contributed by atoms with Gasteiger partial charge in [-0.25, -0.2) is 36.5 Å². The van der Waals surface area contributed by atoms with Gasteiger partial charge in [0.05, 0.1) is 12.3 Å². The fourth-order valence-electron chi connectivity index (χ4n) is 5.41. The predicted molar refractivity (Wildman–Crippen MR) is 150 cm³/mol. The van der Waals surface area contributed by atoms with Crippen molar-refractivity contribution in [2.45, 2.75) is 38.3 Å². The van der Waals surface area contributed by atoms with E-state index < -0.39 is 63.5 Å². The topological polar surface area (TPSA) is 99.5 Å². The van der Waals surface area contributed by atoms with Crippen molar-refractivity contribution in [2.24, 2.45) is 0 Å². The van der Waals surface area contributed by atoms with Gasteiger partial charge in [-0.2, -0.15) is 17.5 Å². The van der Waals surface area contributed by atoms with Crippen LogP contribution in [0.5, 0.6) is 0 Å². The average Bonchev–Trinajstić information content (AvgIpc) is 3.42. The lowest BCUT2D eigenvalue weighted by Gasteiger charge is -2.34. The smallest absolute Gasteiger partial charge is 0.348 e. The fourth-order valence-corrected chi connectivity index (χ4v) is 6.26. The molecule has 1 aromatic carbocycles. The first-order chi connectivity index (χ1) is 20.7. The summed E-state index contributed by atoms with van der Waals surface area (Å²) < 4.78 is 112. The van der Waals surface area contributed by atoms with Crippen molar-refractivity contribution >= 4 is 16.0 Å². The van der Waals surface area contributed by atoms with Crippen LogP contribution in [0, 0.1) is 11.6 Å². The van der Waals surface area contributed by atoms with E-state index in [9.17, 15) is 26.0 Å². The van der Waals surface area contributed by atoms with Crippen molar-refractivity contribution in [1.29, 1.82) is 0 Å². The number of piperazine rings is 1. The number of sulfonamides is 1. The van der Waals surface area contributed by atoms with Gasteiger partial charge in [0.25, 0.3) is 0 Å². The molecule has 4 heterocycles. The van der Waals surface area contributed by atoms with E-state index in [0.717, 1.165) is 60.4 Å². The third-order valence-corrected chi connectivity index (χ3v) is 9.13. The maximum absolute atomic E-state index is 15.2. The summed E-state index contributed by atoms with van der Waals surface area (Å²) in [5.74, 6) is -2.16. The number of benzene rings is 1. The Morgan fingerprint density at radius 2 is 1.68 bits per heavy atom. The zero-order valence-corrected chi connectivity index (χ0v) is 24.8. The van der Waals surface area contributed by atoms with E-state index in [2.05, 4.69) is 37.0 Å². The van der Waals surface area contributed by atoms with Gasteiger partial charge in [-0.3, -0.25) is 4.90 Å². The summed E-state index contributed by atoms with van der Waals surface area (Å²) in [6.45, 7) is 6.14. The molecule has 2 saturated heterocycles. The molecule has 3 aromatic rings. The van der Waals surface area contributed by atoms with Crippen LogP contribution in [-0.4, -0.2) is 106 Å². The molecular weight excluding hydrogens is 614 g/mol. The molecule has 0 bridgehead atoms. The van der Waals surface area contributed by atoms with Crippen molar-refractivity contribution in [3.8, 4) is 17.1 Å². The summed E-state index contributed by atoms with van der Waals surface area (Å²) in [5, 5.41) is 2.65. The Kier molecular flexibility index (Phi) is 9.21. The summed E-state index contributed by atoms with van der Waals surface area (Å²) in [5.41, 5.74) is -2.36. The SMILES string of the molecule is CCN1CCN(Cc2cc(F)c(-n3cnc(-c4nc(N[C@@H]5CCN(S(C)(=O)=O)C[C@H]5F)ncc4C(F)(F)F)c3)c(F)c2)CC1. The second-order valence-electron chi connectivity index (χ2n) is 10.9. The van der Waals surface area contributed by atoms with E-state index in [1.807, 2.05) is 0 Å². The lowest BCUT2D eigenvalue weighted by Crippen LogP contribution is -2.49. The van der Waals surface area contributed by atoms with Crippen LogP contribution in [0.25, 0.3) is 17.1 Å². The zero-order valence-electron chi connectivity index (χ0n) is 24.0. The number of likely N-dealkylation sites (N-methyl/N-ethyl adjacent to an activating group) is 1. The quantitative estimate of drug-likeness (QED) is 0.372. The monoisotopic (exact) mass is 646 g/mol. The predicted octanol–water partition coefficient (Wildman–Crippen LogP) is 3.55. The van der Waals surface area contributed by atoms with Gasteiger partial charge in [0.15, 0.2) is 11.6 Å². The summed E-state index contributed by atoms with van der Waals surface area (Å²) in [6.07, 6.45) is -3.09. The van der Waals surface area contributed by atoms with E-state index in [-0.39, 0.29) is 24.6 Å². The summed E-state index contributed by atoms with van der Waals surface area (Å²) in [7, 11) is -3.62. The minimum Gasteiger partial charge on any atom is -0.348 e. The molecule has 2 aromatic heterocycles.